The maximum atomic E-state index is 5.63. The summed E-state index contributed by atoms with van der Waals surface area (Å²) in [5.74, 6) is 2.06. The number of nitrogen functional groups attached to an aromatic ring is 1. The van der Waals surface area contributed by atoms with E-state index in [1.54, 1.807) is 20.3 Å². The summed E-state index contributed by atoms with van der Waals surface area (Å²) in [6.07, 6.45) is 0. The number of benzene rings is 1. The second-order valence-corrected chi connectivity index (χ2v) is 4.29. The highest BCUT2D eigenvalue weighted by Gasteiger charge is 2.08. The molecule has 20 heavy (non-hydrogen) atoms. The molecule has 0 fully saturated rings. The molecule has 1 heterocycles. The highest BCUT2D eigenvalue weighted by molar-refractivity contribution is 5.45. The van der Waals surface area contributed by atoms with Gasteiger partial charge in [0, 0.05) is 12.1 Å². The average Bonchev–Trinajstić information content (AvgIpc) is 2.46. The van der Waals surface area contributed by atoms with E-state index in [2.05, 4.69) is 15.3 Å². The van der Waals surface area contributed by atoms with Crippen molar-refractivity contribution < 1.29 is 9.47 Å². The number of nitrogens with one attached hydrogen (secondary N) is 1. The fourth-order valence-electron chi connectivity index (χ4n) is 1.82. The van der Waals surface area contributed by atoms with E-state index in [-0.39, 0.29) is 12.0 Å². The van der Waals surface area contributed by atoms with Crippen LogP contribution in [0, 0.1) is 0 Å². The lowest BCUT2D eigenvalue weighted by Crippen LogP contribution is -2.09. The van der Waals surface area contributed by atoms with Gasteiger partial charge in [0.05, 0.1) is 14.2 Å². The van der Waals surface area contributed by atoms with Crippen LogP contribution in [-0.4, -0.2) is 24.2 Å². The Morgan fingerprint density at radius 1 is 1.10 bits per heavy atom. The van der Waals surface area contributed by atoms with E-state index in [1.165, 1.54) is 0 Å². The highest BCUT2D eigenvalue weighted by Crippen LogP contribution is 2.22. The Balaban J connectivity index is 2.13. The molecule has 0 aliphatic heterocycles. The van der Waals surface area contributed by atoms with Gasteiger partial charge in [0.25, 0.3) is 0 Å². The Labute approximate surface area is 118 Å². The van der Waals surface area contributed by atoms with Gasteiger partial charge in [-0.15, -0.1) is 0 Å². The highest BCUT2D eigenvalue weighted by atomic mass is 16.5. The molecular weight excluding hydrogens is 256 g/mol. The van der Waals surface area contributed by atoms with Gasteiger partial charge in [-0.05, 0) is 24.6 Å². The quantitative estimate of drug-likeness (QED) is 0.870. The lowest BCUT2D eigenvalue weighted by molar-refractivity contribution is 0.398. The monoisotopic (exact) mass is 274 g/mol. The van der Waals surface area contributed by atoms with E-state index in [0.717, 1.165) is 11.3 Å². The van der Waals surface area contributed by atoms with Crippen molar-refractivity contribution in [1.29, 1.82) is 0 Å². The summed E-state index contributed by atoms with van der Waals surface area (Å²) >= 11 is 0. The number of nitrogens with zero attached hydrogens (tertiary/aromatic N) is 2. The predicted molar refractivity (Wildman–Crippen MR) is 78.0 cm³/mol. The second-order valence-electron chi connectivity index (χ2n) is 4.29. The number of ether oxygens (including phenoxy) is 2. The molecular formula is C14H18N4O2. The molecule has 6 heteroatoms. The predicted octanol–water partition coefficient (Wildman–Crippen LogP) is 2.25. The minimum atomic E-state index is 0.0694. The van der Waals surface area contributed by atoms with Gasteiger partial charge in [-0.25, -0.2) is 0 Å². The smallest absolute Gasteiger partial charge is 0.225 e. The molecule has 0 bridgehead atoms. The minimum absolute atomic E-state index is 0.0694. The first-order valence-electron chi connectivity index (χ1n) is 6.21. The maximum absolute atomic E-state index is 5.63. The van der Waals surface area contributed by atoms with Crippen LogP contribution in [0.25, 0.3) is 0 Å². The minimum Gasteiger partial charge on any atom is -0.497 e. The van der Waals surface area contributed by atoms with Crippen LogP contribution in [0.3, 0.4) is 0 Å². The van der Waals surface area contributed by atoms with Crippen LogP contribution in [0.5, 0.6) is 11.6 Å². The molecule has 1 atom stereocenters. The number of hydrogen-bond acceptors (Lipinski definition) is 6. The molecule has 0 amide bonds. The van der Waals surface area contributed by atoms with Crippen molar-refractivity contribution in [3.63, 3.8) is 0 Å². The van der Waals surface area contributed by atoms with Crippen molar-refractivity contribution in [1.82, 2.24) is 9.97 Å². The number of rotatable bonds is 5. The molecule has 1 aromatic heterocycles. The van der Waals surface area contributed by atoms with Gasteiger partial charge in [0.1, 0.15) is 11.6 Å². The third-order valence-electron chi connectivity index (χ3n) is 2.91. The Hall–Kier alpha value is -2.50. The first-order valence-corrected chi connectivity index (χ1v) is 6.21. The molecule has 0 saturated heterocycles. The van der Waals surface area contributed by atoms with Crippen molar-refractivity contribution >= 4 is 11.8 Å². The maximum Gasteiger partial charge on any atom is 0.225 e. The summed E-state index contributed by atoms with van der Waals surface area (Å²) in [5, 5.41) is 3.26. The van der Waals surface area contributed by atoms with Gasteiger partial charge >= 0.3 is 0 Å². The van der Waals surface area contributed by atoms with E-state index in [9.17, 15) is 0 Å². The van der Waals surface area contributed by atoms with Crippen molar-refractivity contribution in [2.75, 3.05) is 25.3 Å². The summed E-state index contributed by atoms with van der Waals surface area (Å²) in [4.78, 5) is 8.07. The molecule has 0 aliphatic rings. The number of methoxy groups -OCH3 is 2. The zero-order valence-corrected chi connectivity index (χ0v) is 11.8. The van der Waals surface area contributed by atoms with E-state index in [0.29, 0.717) is 11.7 Å². The summed E-state index contributed by atoms with van der Waals surface area (Å²) < 4.78 is 10.2. The summed E-state index contributed by atoms with van der Waals surface area (Å²) in [6, 6.07) is 9.61. The average molecular weight is 274 g/mol. The molecule has 2 rings (SSSR count). The molecule has 6 nitrogen and oxygen atoms in total. The van der Waals surface area contributed by atoms with Crippen molar-refractivity contribution in [3.05, 3.63) is 35.9 Å². The molecule has 106 valence electrons. The molecule has 3 N–H and O–H groups in total. The van der Waals surface area contributed by atoms with Gasteiger partial charge in [-0.1, -0.05) is 12.1 Å². The Kier molecular flexibility index (Phi) is 4.24. The zero-order valence-electron chi connectivity index (χ0n) is 11.8. The molecule has 0 saturated carbocycles. The first kappa shape index (κ1) is 13.9. The van der Waals surface area contributed by atoms with E-state index in [1.807, 2.05) is 31.2 Å². The van der Waals surface area contributed by atoms with Crippen LogP contribution < -0.4 is 20.5 Å². The molecule has 0 aliphatic carbocycles. The third-order valence-corrected chi connectivity index (χ3v) is 2.91. The molecule has 2 aromatic rings. The first-order chi connectivity index (χ1) is 9.62. The SMILES string of the molecule is COc1ccc(C(C)Nc2cc(OC)nc(N)n2)cc1. The molecule has 1 aromatic carbocycles. The molecule has 0 spiro atoms. The second kappa shape index (κ2) is 6.10. The van der Waals surface area contributed by atoms with E-state index >= 15 is 0 Å². The van der Waals surface area contributed by atoms with Crippen molar-refractivity contribution in [2.45, 2.75) is 13.0 Å². The Bertz CT molecular complexity index is 572. The van der Waals surface area contributed by atoms with Gasteiger partial charge in [-0.2, -0.15) is 9.97 Å². The zero-order chi connectivity index (χ0) is 14.5. The Morgan fingerprint density at radius 2 is 1.80 bits per heavy atom. The summed E-state index contributed by atoms with van der Waals surface area (Å²) in [7, 11) is 3.19. The van der Waals surface area contributed by atoms with Crippen LogP contribution >= 0.6 is 0 Å². The van der Waals surface area contributed by atoms with Crippen LogP contribution in [0.1, 0.15) is 18.5 Å². The van der Waals surface area contributed by atoms with Gasteiger partial charge in [0.15, 0.2) is 0 Å². The van der Waals surface area contributed by atoms with Crippen LogP contribution in [0.2, 0.25) is 0 Å². The topological polar surface area (TPSA) is 82.3 Å². The number of aromatic nitrogens is 2. The van der Waals surface area contributed by atoms with Gasteiger partial charge in [-0.3, -0.25) is 0 Å². The van der Waals surface area contributed by atoms with Crippen molar-refractivity contribution in [2.24, 2.45) is 0 Å². The van der Waals surface area contributed by atoms with Gasteiger partial charge in [0.2, 0.25) is 11.8 Å². The Morgan fingerprint density at radius 3 is 2.40 bits per heavy atom. The molecule has 0 radical (unpaired) electrons. The largest absolute Gasteiger partial charge is 0.497 e. The van der Waals surface area contributed by atoms with Crippen molar-refractivity contribution in [3.8, 4) is 11.6 Å². The standard InChI is InChI=1S/C14H18N4O2/c1-9(10-4-6-11(19-2)7-5-10)16-12-8-13(20-3)18-14(15)17-12/h4-9H,1-3H3,(H3,15,16,17,18). The van der Waals surface area contributed by atoms with E-state index in [4.69, 9.17) is 15.2 Å². The third kappa shape index (κ3) is 3.28. The van der Waals surface area contributed by atoms with Crippen LogP contribution in [-0.2, 0) is 0 Å². The lowest BCUT2D eigenvalue weighted by Gasteiger charge is -2.16. The normalized spacial score (nSPS) is 11.8. The number of nitrogens with two attached hydrogens (primary N) is 1. The number of anilines is 2. The fraction of sp³-hybridized carbons (Fsp3) is 0.286. The number of hydrogen-bond donors (Lipinski definition) is 2. The fourth-order valence-corrected chi connectivity index (χ4v) is 1.82. The lowest BCUT2D eigenvalue weighted by atomic mass is 10.1. The summed E-state index contributed by atoms with van der Waals surface area (Å²) in [6.45, 7) is 2.03. The summed E-state index contributed by atoms with van der Waals surface area (Å²) in [5.41, 5.74) is 6.74. The van der Waals surface area contributed by atoms with Crippen LogP contribution in [0.4, 0.5) is 11.8 Å². The van der Waals surface area contributed by atoms with Crippen LogP contribution in [0.15, 0.2) is 30.3 Å². The van der Waals surface area contributed by atoms with E-state index < -0.39 is 0 Å². The van der Waals surface area contributed by atoms with Gasteiger partial charge < -0.3 is 20.5 Å². The molecule has 1 unspecified atom stereocenters.